The molecule has 1 atom stereocenters. The Balaban J connectivity index is 1.62. The van der Waals surface area contributed by atoms with E-state index in [9.17, 15) is 0 Å². The molecule has 1 unspecified atom stereocenters. The van der Waals surface area contributed by atoms with Gasteiger partial charge in [-0.05, 0) is 19.3 Å². The van der Waals surface area contributed by atoms with Crippen molar-refractivity contribution in [2.75, 3.05) is 6.54 Å². The number of aromatic nitrogens is 1. The van der Waals surface area contributed by atoms with Crippen molar-refractivity contribution >= 4 is 11.3 Å². The zero-order chi connectivity index (χ0) is 12.8. The van der Waals surface area contributed by atoms with Crippen LogP contribution in [0.4, 0.5) is 0 Å². The third-order valence-electron chi connectivity index (χ3n) is 3.90. The van der Waals surface area contributed by atoms with E-state index < -0.39 is 0 Å². The van der Waals surface area contributed by atoms with Crippen molar-refractivity contribution in [3.63, 3.8) is 0 Å². The molecule has 0 saturated heterocycles. The van der Waals surface area contributed by atoms with Gasteiger partial charge in [-0.25, -0.2) is 4.98 Å². The number of nitrogens with one attached hydrogen (secondary N) is 1. The summed E-state index contributed by atoms with van der Waals surface area (Å²) in [4.78, 5) is 5.59. The van der Waals surface area contributed by atoms with Crippen LogP contribution in [-0.4, -0.2) is 17.6 Å². The molecule has 0 radical (unpaired) electrons. The Bertz CT molecular complexity index is 345. The topological polar surface area (TPSA) is 50.9 Å². The fourth-order valence-corrected chi connectivity index (χ4v) is 3.55. The Kier molecular flexibility index (Phi) is 5.60. The second-order valence-corrected chi connectivity index (χ2v) is 6.43. The molecule has 0 spiro atoms. The van der Waals surface area contributed by atoms with Crippen LogP contribution in [0.25, 0.3) is 0 Å². The Labute approximate surface area is 114 Å². The van der Waals surface area contributed by atoms with Crippen molar-refractivity contribution in [1.29, 1.82) is 0 Å². The van der Waals surface area contributed by atoms with Gasteiger partial charge in [-0.3, -0.25) is 0 Å². The summed E-state index contributed by atoms with van der Waals surface area (Å²) in [5, 5.41) is 3.46. The average Bonchev–Trinajstić information content (AvgIpc) is 2.76. The number of aryl methyl sites for hydroxylation is 1. The van der Waals surface area contributed by atoms with Gasteiger partial charge in [0.2, 0.25) is 0 Å². The Morgan fingerprint density at radius 2 is 2.22 bits per heavy atom. The predicted octanol–water partition coefficient (Wildman–Crippen LogP) is 2.84. The molecule has 3 N–H and O–H groups in total. The summed E-state index contributed by atoms with van der Waals surface area (Å²) in [6.45, 7) is 3.90. The summed E-state index contributed by atoms with van der Waals surface area (Å²) in [6, 6.07) is 0.307. The number of hydrogen-bond acceptors (Lipinski definition) is 4. The van der Waals surface area contributed by atoms with Gasteiger partial charge in [0.25, 0.3) is 0 Å². The van der Waals surface area contributed by atoms with Crippen LogP contribution in [-0.2, 0) is 6.54 Å². The van der Waals surface area contributed by atoms with Crippen LogP contribution in [0, 0.1) is 12.8 Å². The molecular formula is C14H25N3S. The highest BCUT2D eigenvalue weighted by Crippen LogP contribution is 2.26. The van der Waals surface area contributed by atoms with Crippen LogP contribution < -0.4 is 11.1 Å². The van der Waals surface area contributed by atoms with Crippen molar-refractivity contribution in [1.82, 2.24) is 10.3 Å². The van der Waals surface area contributed by atoms with E-state index in [1.165, 1.54) is 43.4 Å². The lowest BCUT2D eigenvalue weighted by molar-refractivity contribution is 0.313. The lowest BCUT2D eigenvalue weighted by Crippen LogP contribution is -2.35. The van der Waals surface area contributed by atoms with Gasteiger partial charge >= 0.3 is 0 Å². The molecule has 4 heteroatoms. The molecule has 0 bridgehead atoms. The molecule has 1 aliphatic carbocycles. The summed E-state index contributed by atoms with van der Waals surface area (Å²) in [5.41, 5.74) is 9.26. The van der Waals surface area contributed by atoms with Gasteiger partial charge in [0.15, 0.2) is 0 Å². The van der Waals surface area contributed by atoms with Gasteiger partial charge in [0, 0.05) is 24.0 Å². The predicted molar refractivity (Wildman–Crippen MR) is 77.7 cm³/mol. The van der Waals surface area contributed by atoms with E-state index in [-0.39, 0.29) is 0 Å². The largest absolute Gasteiger partial charge is 0.327 e. The smallest absolute Gasteiger partial charge is 0.0798 e. The highest BCUT2D eigenvalue weighted by Gasteiger charge is 2.16. The van der Waals surface area contributed by atoms with Crippen LogP contribution in [0.2, 0.25) is 0 Å². The highest BCUT2D eigenvalue weighted by atomic mass is 32.1. The summed E-state index contributed by atoms with van der Waals surface area (Å²) in [7, 11) is 0. The molecule has 1 aliphatic rings. The Hall–Kier alpha value is -0.450. The zero-order valence-electron chi connectivity index (χ0n) is 11.3. The van der Waals surface area contributed by atoms with Crippen molar-refractivity contribution in [2.45, 2.75) is 58.0 Å². The molecule has 1 heterocycles. The first kappa shape index (κ1) is 14.0. The van der Waals surface area contributed by atoms with Crippen molar-refractivity contribution in [3.05, 3.63) is 16.1 Å². The van der Waals surface area contributed by atoms with Gasteiger partial charge in [-0.2, -0.15) is 0 Å². The first-order chi connectivity index (χ1) is 8.75. The fraction of sp³-hybridized carbons (Fsp3) is 0.786. The van der Waals surface area contributed by atoms with E-state index in [0.717, 1.165) is 24.7 Å². The van der Waals surface area contributed by atoms with E-state index in [1.807, 2.05) is 5.51 Å². The van der Waals surface area contributed by atoms with Crippen molar-refractivity contribution in [2.24, 2.45) is 11.7 Å². The van der Waals surface area contributed by atoms with Gasteiger partial charge in [0.05, 0.1) is 11.2 Å². The van der Waals surface area contributed by atoms with E-state index >= 15 is 0 Å². The van der Waals surface area contributed by atoms with Gasteiger partial charge in [0.1, 0.15) is 0 Å². The minimum absolute atomic E-state index is 0.307. The first-order valence-corrected chi connectivity index (χ1v) is 7.99. The summed E-state index contributed by atoms with van der Waals surface area (Å²) < 4.78 is 0. The molecule has 102 valence electrons. The highest BCUT2D eigenvalue weighted by molar-refractivity contribution is 7.09. The SMILES string of the molecule is Cc1ncsc1CNCC(N)CC1CCCCC1. The number of hydrogen-bond donors (Lipinski definition) is 2. The number of rotatable bonds is 6. The third-order valence-corrected chi connectivity index (χ3v) is 4.83. The van der Waals surface area contributed by atoms with E-state index in [2.05, 4.69) is 17.2 Å². The first-order valence-electron chi connectivity index (χ1n) is 7.11. The van der Waals surface area contributed by atoms with Crippen LogP contribution in [0.5, 0.6) is 0 Å². The number of thiazole rings is 1. The maximum atomic E-state index is 6.21. The second-order valence-electron chi connectivity index (χ2n) is 5.49. The van der Waals surface area contributed by atoms with Gasteiger partial charge < -0.3 is 11.1 Å². The zero-order valence-corrected chi connectivity index (χ0v) is 12.1. The van der Waals surface area contributed by atoms with Crippen LogP contribution in [0.15, 0.2) is 5.51 Å². The molecule has 1 fully saturated rings. The molecule has 0 aliphatic heterocycles. The summed E-state index contributed by atoms with van der Waals surface area (Å²) >= 11 is 1.72. The maximum absolute atomic E-state index is 6.21. The molecule has 0 aromatic carbocycles. The second kappa shape index (κ2) is 7.22. The Morgan fingerprint density at radius 3 is 2.89 bits per heavy atom. The van der Waals surface area contributed by atoms with Crippen LogP contribution >= 0.6 is 11.3 Å². The van der Waals surface area contributed by atoms with E-state index in [0.29, 0.717) is 6.04 Å². The summed E-state index contributed by atoms with van der Waals surface area (Å²) in [5.74, 6) is 0.876. The maximum Gasteiger partial charge on any atom is 0.0798 e. The number of nitrogens with two attached hydrogens (primary N) is 1. The normalized spacial score (nSPS) is 19.0. The van der Waals surface area contributed by atoms with Gasteiger partial charge in [-0.1, -0.05) is 32.1 Å². The molecule has 0 amide bonds. The fourth-order valence-electron chi connectivity index (χ4n) is 2.80. The van der Waals surface area contributed by atoms with E-state index in [1.54, 1.807) is 11.3 Å². The van der Waals surface area contributed by atoms with Crippen LogP contribution in [0.1, 0.15) is 49.1 Å². The molecule has 1 aromatic heterocycles. The average molecular weight is 267 g/mol. The van der Waals surface area contributed by atoms with E-state index in [4.69, 9.17) is 5.73 Å². The summed E-state index contributed by atoms with van der Waals surface area (Å²) in [6.07, 6.45) is 8.21. The third kappa shape index (κ3) is 4.34. The molecular weight excluding hydrogens is 242 g/mol. The molecule has 2 rings (SSSR count). The van der Waals surface area contributed by atoms with Crippen molar-refractivity contribution < 1.29 is 0 Å². The van der Waals surface area contributed by atoms with Crippen LogP contribution in [0.3, 0.4) is 0 Å². The molecule has 18 heavy (non-hydrogen) atoms. The lowest BCUT2D eigenvalue weighted by atomic mass is 9.85. The quantitative estimate of drug-likeness (QED) is 0.833. The minimum Gasteiger partial charge on any atom is -0.327 e. The standard InChI is InChI=1S/C14H25N3S/c1-11-14(18-10-17-11)9-16-8-13(15)7-12-5-3-2-4-6-12/h10,12-13,16H,2-9,15H2,1H3. The van der Waals surface area contributed by atoms with Crippen molar-refractivity contribution in [3.8, 4) is 0 Å². The molecule has 1 aromatic rings. The number of nitrogens with zero attached hydrogens (tertiary/aromatic N) is 1. The lowest BCUT2D eigenvalue weighted by Gasteiger charge is -2.24. The van der Waals surface area contributed by atoms with Gasteiger partial charge in [-0.15, -0.1) is 11.3 Å². The minimum atomic E-state index is 0.307. The monoisotopic (exact) mass is 267 g/mol. The Morgan fingerprint density at radius 1 is 1.44 bits per heavy atom. The molecule has 3 nitrogen and oxygen atoms in total. The molecule has 1 saturated carbocycles.